The lowest BCUT2D eigenvalue weighted by Gasteiger charge is -2.08. The summed E-state index contributed by atoms with van der Waals surface area (Å²) in [5.41, 5.74) is 1.98. The molecular formula is C17H14Cl2N2OS2. The second-order valence-electron chi connectivity index (χ2n) is 5.06. The van der Waals surface area contributed by atoms with Crippen LogP contribution in [0.3, 0.4) is 0 Å². The number of thiazole rings is 1. The third-order valence-corrected chi connectivity index (χ3v) is 6.11. The molecule has 0 unspecified atom stereocenters. The van der Waals surface area contributed by atoms with E-state index < -0.39 is 0 Å². The lowest BCUT2D eigenvalue weighted by molar-refractivity contribution is 0.100. The van der Waals surface area contributed by atoms with Crippen LogP contribution < -0.4 is 4.80 Å². The second kappa shape index (κ2) is 7.23. The molecule has 3 aromatic rings. The summed E-state index contributed by atoms with van der Waals surface area (Å²) in [4.78, 5) is 19.0. The van der Waals surface area contributed by atoms with E-state index in [1.165, 1.54) is 22.7 Å². The number of aromatic nitrogens is 1. The van der Waals surface area contributed by atoms with E-state index in [-0.39, 0.29) is 5.91 Å². The average Bonchev–Trinajstić information content (AvgIpc) is 3.18. The van der Waals surface area contributed by atoms with Gasteiger partial charge in [-0.25, -0.2) is 0 Å². The maximum atomic E-state index is 12.3. The Morgan fingerprint density at radius 2 is 2.04 bits per heavy atom. The van der Waals surface area contributed by atoms with Crippen molar-refractivity contribution in [2.45, 2.75) is 20.4 Å². The summed E-state index contributed by atoms with van der Waals surface area (Å²) in [6, 6.07) is 9.19. The number of carbonyl (C=O) groups excluding carboxylic acids is 1. The summed E-state index contributed by atoms with van der Waals surface area (Å²) < 4.78 is 2.03. The first kappa shape index (κ1) is 17.4. The molecule has 0 aliphatic carbocycles. The van der Waals surface area contributed by atoms with Gasteiger partial charge < -0.3 is 4.57 Å². The Balaban J connectivity index is 2.14. The van der Waals surface area contributed by atoms with Gasteiger partial charge in [0.25, 0.3) is 5.91 Å². The molecule has 2 heterocycles. The predicted molar refractivity (Wildman–Crippen MR) is 102 cm³/mol. The molecule has 124 valence electrons. The number of thiophene rings is 1. The SMILES string of the molecule is CCn1c(-c2ccc(Cl)c(Cl)c2)c(C)sc1=NC(=O)c1cccs1. The molecule has 0 bridgehead atoms. The number of carbonyl (C=O) groups is 1. The number of amides is 1. The molecule has 1 aromatic carbocycles. The predicted octanol–water partition coefficient (Wildman–Crippen LogP) is 5.65. The molecule has 0 saturated heterocycles. The van der Waals surface area contributed by atoms with E-state index >= 15 is 0 Å². The topological polar surface area (TPSA) is 34.4 Å². The first-order chi connectivity index (χ1) is 11.5. The van der Waals surface area contributed by atoms with Crippen LogP contribution in [0.5, 0.6) is 0 Å². The number of rotatable bonds is 3. The molecule has 0 aliphatic heterocycles. The molecule has 3 nitrogen and oxygen atoms in total. The first-order valence-electron chi connectivity index (χ1n) is 7.29. The summed E-state index contributed by atoms with van der Waals surface area (Å²) in [6.45, 7) is 4.75. The third kappa shape index (κ3) is 3.35. The Morgan fingerprint density at radius 3 is 2.67 bits per heavy atom. The second-order valence-corrected chi connectivity index (χ2v) is 8.00. The molecule has 0 atom stereocenters. The zero-order valence-electron chi connectivity index (χ0n) is 13.0. The lowest BCUT2D eigenvalue weighted by atomic mass is 10.1. The van der Waals surface area contributed by atoms with Crippen molar-refractivity contribution in [2.75, 3.05) is 0 Å². The zero-order valence-corrected chi connectivity index (χ0v) is 16.2. The maximum Gasteiger partial charge on any atom is 0.289 e. The number of nitrogens with zero attached hydrogens (tertiary/aromatic N) is 2. The van der Waals surface area contributed by atoms with Gasteiger partial charge in [0.1, 0.15) is 0 Å². The van der Waals surface area contributed by atoms with Gasteiger partial charge in [0.15, 0.2) is 4.80 Å². The standard InChI is InChI=1S/C17H14Cl2N2OS2/c1-3-21-15(11-6-7-12(18)13(19)9-11)10(2)24-17(21)20-16(22)14-5-4-8-23-14/h4-9H,3H2,1-2H3. The van der Waals surface area contributed by atoms with Gasteiger partial charge in [0.05, 0.1) is 20.6 Å². The molecular weight excluding hydrogens is 383 g/mol. The minimum atomic E-state index is -0.214. The van der Waals surface area contributed by atoms with E-state index in [9.17, 15) is 4.79 Å². The van der Waals surface area contributed by atoms with Crippen molar-refractivity contribution in [1.82, 2.24) is 4.57 Å². The van der Waals surface area contributed by atoms with Crippen molar-refractivity contribution in [1.29, 1.82) is 0 Å². The van der Waals surface area contributed by atoms with Gasteiger partial charge in [-0.2, -0.15) is 4.99 Å². The van der Waals surface area contributed by atoms with Gasteiger partial charge in [-0.05, 0) is 37.4 Å². The molecule has 3 rings (SSSR count). The van der Waals surface area contributed by atoms with Gasteiger partial charge in [-0.3, -0.25) is 4.79 Å². The van der Waals surface area contributed by atoms with Crippen molar-refractivity contribution in [3.8, 4) is 11.3 Å². The van der Waals surface area contributed by atoms with E-state index in [0.717, 1.165) is 16.1 Å². The van der Waals surface area contributed by atoms with Gasteiger partial charge in [-0.15, -0.1) is 22.7 Å². The highest BCUT2D eigenvalue weighted by Gasteiger charge is 2.14. The molecule has 7 heteroatoms. The maximum absolute atomic E-state index is 12.3. The Kier molecular flexibility index (Phi) is 5.25. The normalized spacial score (nSPS) is 11.9. The highest BCUT2D eigenvalue weighted by molar-refractivity contribution is 7.12. The van der Waals surface area contributed by atoms with Crippen molar-refractivity contribution >= 4 is 51.8 Å². The van der Waals surface area contributed by atoms with E-state index in [0.29, 0.717) is 26.3 Å². The van der Waals surface area contributed by atoms with Gasteiger partial charge in [0, 0.05) is 17.0 Å². The monoisotopic (exact) mass is 396 g/mol. The lowest BCUT2D eigenvalue weighted by Crippen LogP contribution is -2.16. The number of hydrogen-bond donors (Lipinski definition) is 0. The Bertz CT molecular complexity index is 956. The number of hydrogen-bond acceptors (Lipinski definition) is 3. The van der Waals surface area contributed by atoms with Crippen LogP contribution in [-0.4, -0.2) is 10.5 Å². The first-order valence-corrected chi connectivity index (χ1v) is 9.74. The summed E-state index contributed by atoms with van der Waals surface area (Å²) in [6.07, 6.45) is 0. The Morgan fingerprint density at radius 1 is 1.25 bits per heavy atom. The molecule has 0 spiro atoms. The Labute approximate surface area is 157 Å². The molecule has 0 saturated carbocycles. The van der Waals surface area contributed by atoms with Crippen LogP contribution in [0, 0.1) is 6.92 Å². The van der Waals surface area contributed by atoms with E-state index in [2.05, 4.69) is 4.99 Å². The molecule has 0 radical (unpaired) electrons. The van der Waals surface area contributed by atoms with Crippen LogP contribution in [0.15, 0.2) is 40.7 Å². The van der Waals surface area contributed by atoms with Crippen LogP contribution in [0.4, 0.5) is 0 Å². The van der Waals surface area contributed by atoms with Crippen LogP contribution in [0.2, 0.25) is 10.0 Å². The van der Waals surface area contributed by atoms with Crippen molar-refractivity contribution in [3.05, 3.63) is 60.3 Å². The largest absolute Gasteiger partial charge is 0.316 e. The minimum absolute atomic E-state index is 0.214. The van der Waals surface area contributed by atoms with Crippen molar-refractivity contribution in [2.24, 2.45) is 4.99 Å². The fourth-order valence-electron chi connectivity index (χ4n) is 2.45. The van der Waals surface area contributed by atoms with Crippen LogP contribution >= 0.6 is 45.9 Å². The minimum Gasteiger partial charge on any atom is -0.316 e. The van der Waals surface area contributed by atoms with Crippen LogP contribution in [-0.2, 0) is 6.54 Å². The molecule has 0 aliphatic rings. The molecule has 24 heavy (non-hydrogen) atoms. The fourth-order valence-corrected chi connectivity index (χ4v) is 4.41. The molecule has 2 aromatic heterocycles. The molecule has 0 fully saturated rings. The molecule has 1 amide bonds. The summed E-state index contributed by atoms with van der Waals surface area (Å²) in [5.74, 6) is -0.214. The van der Waals surface area contributed by atoms with Gasteiger partial charge in [-0.1, -0.05) is 35.3 Å². The zero-order chi connectivity index (χ0) is 17.3. The summed E-state index contributed by atoms with van der Waals surface area (Å²) in [7, 11) is 0. The van der Waals surface area contributed by atoms with E-state index in [1.807, 2.05) is 42.0 Å². The number of aryl methyl sites for hydroxylation is 1. The number of halogens is 2. The van der Waals surface area contributed by atoms with E-state index in [1.54, 1.807) is 12.1 Å². The highest BCUT2D eigenvalue weighted by atomic mass is 35.5. The highest BCUT2D eigenvalue weighted by Crippen LogP contribution is 2.31. The number of benzene rings is 1. The third-order valence-electron chi connectivity index (χ3n) is 3.52. The quantitative estimate of drug-likeness (QED) is 0.562. The van der Waals surface area contributed by atoms with Crippen LogP contribution in [0.25, 0.3) is 11.3 Å². The fraction of sp³-hybridized carbons (Fsp3) is 0.176. The van der Waals surface area contributed by atoms with Crippen molar-refractivity contribution in [3.63, 3.8) is 0 Å². The average molecular weight is 397 g/mol. The summed E-state index contributed by atoms with van der Waals surface area (Å²) >= 11 is 15.1. The van der Waals surface area contributed by atoms with Crippen molar-refractivity contribution < 1.29 is 4.79 Å². The van der Waals surface area contributed by atoms with Crippen LogP contribution in [0.1, 0.15) is 21.5 Å². The van der Waals surface area contributed by atoms with Gasteiger partial charge >= 0.3 is 0 Å². The van der Waals surface area contributed by atoms with E-state index in [4.69, 9.17) is 23.2 Å². The summed E-state index contributed by atoms with van der Waals surface area (Å²) in [5, 5.41) is 2.90. The molecule has 0 N–H and O–H groups in total. The van der Waals surface area contributed by atoms with Gasteiger partial charge in [0.2, 0.25) is 0 Å². The Hall–Kier alpha value is -1.40. The smallest absolute Gasteiger partial charge is 0.289 e.